The quantitative estimate of drug-likeness (QED) is 0.753. The molecular weight excluding hydrogens is 269 g/mol. The second-order valence-electron chi connectivity index (χ2n) is 4.08. The van der Waals surface area contributed by atoms with Crippen LogP contribution in [0.15, 0.2) is 24.3 Å². The molecule has 0 aliphatic carbocycles. The zero-order chi connectivity index (χ0) is 14.5. The van der Waals surface area contributed by atoms with Gasteiger partial charge in [-0.05, 0) is 24.3 Å². The number of benzene rings is 1. The highest BCUT2D eigenvalue weighted by Gasteiger charge is 2.28. The molecule has 0 aromatic heterocycles. The monoisotopic (exact) mass is 281 g/mol. The van der Waals surface area contributed by atoms with Gasteiger partial charge in [0.2, 0.25) is 0 Å². The third-order valence-corrected chi connectivity index (χ3v) is 2.69. The first-order chi connectivity index (χ1) is 9.58. The van der Waals surface area contributed by atoms with Crippen molar-refractivity contribution < 1.29 is 28.2 Å². The van der Waals surface area contributed by atoms with Crippen LogP contribution in [0.4, 0.5) is 9.18 Å². The minimum absolute atomic E-state index is 0.166. The van der Waals surface area contributed by atoms with E-state index in [2.05, 4.69) is 4.74 Å². The summed E-state index contributed by atoms with van der Waals surface area (Å²) in [6.07, 6.45) is -0.705. The van der Waals surface area contributed by atoms with Gasteiger partial charge in [-0.3, -0.25) is 9.59 Å². The molecular formula is C13H12FNO5. The molecule has 0 unspecified atom stereocenters. The summed E-state index contributed by atoms with van der Waals surface area (Å²) in [4.78, 5) is 35.2. The van der Waals surface area contributed by atoms with Crippen LogP contribution < -0.4 is 0 Å². The van der Waals surface area contributed by atoms with Gasteiger partial charge in [0.1, 0.15) is 25.6 Å². The number of rotatable bonds is 5. The zero-order valence-electron chi connectivity index (χ0n) is 10.5. The van der Waals surface area contributed by atoms with Gasteiger partial charge in [-0.25, -0.2) is 14.1 Å². The van der Waals surface area contributed by atoms with Crippen molar-refractivity contribution in [2.45, 2.75) is 0 Å². The average Bonchev–Trinajstić information content (AvgIpc) is 2.85. The molecule has 1 aliphatic heterocycles. The molecule has 1 fully saturated rings. The first-order valence-electron chi connectivity index (χ1n) is 5.91. The standard InChI is InChI=1S/C13H12FNO5/c14-10-3-1-9(2-4-10)11(16)7-19-8-12(17)15-5-6-20-13(15)18/h1-4H,5-8H2. The SMILES string of the molecule is O=C(COCC(=O)N1CCOC1=O)c1ccc(F)cc1. The van der Waals surface area contributed by atoms with Crippen molar-refractivity contribution in [3.05, 3.63) is 35.6 Å². The van der Waals surface area contributed by atoms with Gasteiger partial charge in [0.15, 0.2) is 5.78 Å². The molecule has 0 bridgehead atoms. The number of halogens is 1. The number of amides is 2. The number of cyclic esters (lactones) is 1. The second-order valence-corrected chi connectivity index (χ2v) is 4.08. The van der Waals surface area contributed by atoms with Crippen LogP contribution in [0.1, 0.15) is 10.4 Å². The zero-order valence-corrected chi connectivity index (χ0v) is 10.5. The van der Waals surface area contributed by atoms with Crippen LogP contribution in [0.3, 0.4) is 0 Å². The van der Waals surface area contributed by atoms with E-state index in [0.29, 0.717) is 5.56 Å². The van der Waals surface area contributed by atoms with Crippen LogP contribution in [0.2, 0.25) is 0 Å². The Morgan fingerprint density at radius 2 is 1.95 bits per heavy atom. The number of nitrogens with zero attached hydrogens (tertiary/aromatic N) is 1. The number of carbonyl (C=O) groups excluding carboxylic acids is 3. The fourth-order valence-electron chi connectivity index (χ4n) is 1.65. The molecule has 0 N–H and O–H groups in total. The maximum absolute atomic E-state index is 12.7. The van der Waals surface area contributed by atoms with E-state index in [1.807, 2.05) is 0 Å². The molecule has 1 saturated heterocycles. The smallest absolute Gasteiger partial charge is 0.416 e. The van der Waals surface area contributed by atoms with Crippen molar-refractivity contribution in [2.75, 3.05) is 26.4 Å². The third kappa shape index (κ3) is 3.39. The number of ether oxygens (including phenoxy) is 2. The molecule has 1 aliphatic rings. The van der Waals surface area contributed by atoms with Crippen LogP contribution in [-0.2, 0) is 14.3 Å². The van der Waals surface area contributed by atoms with Gasteiger partial charge in [-0.2, -0.15) is 0 Å². The molecule has 1 aromatic rings. The molecule has 0 atom stereocenters. The first kappa shape index (κ1) is 14.1. The van der Waals surface area contributed by atoms with E-state index in [1.165, 1.54) is 24.3 Å². The summed E-state index contributed by atoms with van der Waals surface area (Å²) in [7, 11) is 0. The molecule has 1 aromatic carbocycles. The fourth-order valence-corrected chi connectivity index (χ4v) is 1.65. The highest BCUT2D eigenvalue weighted by atomic mass is 19.1. The van der Waals surface area contributed by atoms with Crippen LogP contribution in [0, 0.1) is 5.82 Å². The first-order valence-corrected chi connectivity index (χ1v) is 5.91. The average molecular weight is 281 g/mol. The van der Waals surface area contributed by atoms with Crippen molar-refractivity contribution in [2.24, 2.45) is 0 Å². The molecule has 1 heterocycles. The molecule has 20 heavy (non-hydrogen) atoms. The molecule has 2 rings (SSSR count). The minimum Gasteiger partial charge on any atom is -0.447 e. The van der Waals surface area contributed by atoms with E-state index in [-0.39, 0.29) is 32.1 Å². The van der Waals surface area contributed by atoms with Crippen molar-refractivity contribution in [3.63, 3.8) is 0 Å². The summed E-state index contributed by atoms with van der Waals surface area (Å²) in [6.45, 7) is -0.353. The highest BCUT2D eigenvalue weighted by Crippen LogP contribution is 2.05. The van der Waals surface area contributed by atoms with Gasteiger partial charge >= 0.3 is 6.09 Å². The summed E-state index contributed by atoms with van der Waals surface area (Å²) < 4.78 is 22.2. The van der Waals surface area contributed by atoms with Gasteiger partial charge in [0, 0.05) is 5.56 Å². The predicted molar refractivity (Wildman–Crippen MR) is 64.6 cm³/mol. The molecule has 0 radical (unpaired) electrons. The van der Waals surface area contributed by atoms with Crippen LogP contribution in [0.5, 0.6) is 0 Å². The summed E-state index contributed by atoms with van der Waals surface area (Å²) >= 11 is 0. The lowest BCUT2D eigenvalue weighted by Gasteiger charge is -2.10. The Morgan fingerprint density at radius 3 is 2.55 bits per heavy atom. The van der Waals surface area contributed by atoms with Gasteiger partial charge in [0.25, 0.3) is 5.91 Å². The molecule has 0 saturated carbocycles. The largest absolute Gasteiger partial charge is 0.447 e. The normalized spacial score (nSPS) is 14.2. The van der Waals surface area contributed by atoms with Gasteiger partial charge in [-0.1, -0.05) is 0 Å². The van der Waals surface area contributed by atoms with Crippen molar-refractivity contribution in [1.29, 1.82) is 0 Å². The van der Waals surface area contributed by atoms with Gasteiger partial charge in [-0.15, -0.1) is 0 Å². The maximum Gasteiger partial charge on any atom is 0.416 e. The molecule has 106 valence electrons. The Bertz CT molecular complexity index is 528. The lowest BCUT2D eigenvalue weighted by Crippen LogP contribution is -2.35. The topological polar surface area (TPSA) is 72.9 Å². The number of Topliss-reactive ketones (excluding diaryl/α,β-unsaturated/α-hetero) is 1. The number of imide groups is 1. The fraction of sp³-hybridized carbons (Fsp3) is 0.308. The molecule has 0 spiro atoms. The second kappa shape index (κ2) is 6.25. The highest BCUT2D eigenvalue weighted by molar-refractivity contribution is 5.97. The number of carbonyl (C=O) groups is 3. The Balaban J connectivity index is 1.78. The number of hydrogen-bond acceptors (Lipinski definition) is 5. The van der Waals surface area contributed by atoms with E-state index in [1.54, 1.807) is 0 Å². The van der Waals surface area contributed by atoms with Crippen molar-refractivity contribution in [3.8, 4) is 0 Å². The van der Waals surface area contributed by atoms with Crippen LogP contribution >= 0.6 is 0 Å². The lowest BCUT2D eigenvalue weighted by atomic mass is 10.1. The molecule has 6 nitrogen and oxygen atoms in total. The predicted octanol–water partition coefficient (Wildman–Crippen LogP) is 1.00. The van der Waals surface area contributed by atoms with Crippen LogP contribution in [0.25, 0.3) is 0 Å². The van der Waals surface area contributed by atoms with Crippen molar-refractivity contribution >= 4 is 17.8 Å². The number of ketones is 1. The molecule has 7 heteroatoms. The van der Waals surface area contributed by atoms with E-state index in [4.69, 9.17) is 4.74 Å². The van der Waals surface area contributed by atoms with Gasteiger partial charge in [0.05, 0.1) is 6.54 Å². The van der Waals surface area contributed by atoms with E-state index in [9.17, 15) is 18.8 Å². The van der Waals surface area contributed by atoms with Crippen molar-refractivity contribution in [1.82, 2.24) is 4.90 Å². The Labute approximate surface area is 114 Å². The van der Waals surface area contributed by atoms with E-state index in [0.717, 1.165) is 4.90 Å². The third-order valence-electron chi connectivity index (χ3n) is 2.69. The summed E-state index contributed by atoms with van der Waals surface area (Å²) in [5.41, 5.74) is 0.291. The van der Waals surface area contributed by atoms with E-state index < -0.39 is 17.8 Å². The maximum atomic E-state index is 12.7. The molecule has 2 amide bonds. The Morgan fingerprint density at radius 1 is 1.25 bits per heavy atom. The minimum atomic E-state index is -0.705. The lowest BCUT2D eigenvalue weighted by molar-refractivity contribution is -0.132. The summed E-state index contributed by atoms with van der Waals surface area (Å²) in [6, 6.07) is 5.00. The Hall–Kier alpha value is -2.28. The Kier molecular flexibility index (Phi) is 4.41. The summed E-state index contributed by atoms with van der Waals surface area (Å²) in [5, 5.41) is 0. The van der Waals surface area contributed by atoms with Gasteiger partial charge < -0.3 is 9.47 Å². The number of hydrogen-bond donors (Lipinski definition) is 0. The summed E-state index contributed by atoms with van der Waals surface area (Å²) in [5.74, 6) is -1.37. The van der Waals surface area contributed by atoms with Crippen LogP contribution in [-0.4, -0.2) is 49.0 Å². The van der Waals surface area contributed by atoms with E-state index >= 15 is 0 Å².